The summed E-state index contributed by atoms with van der Waals surface area (Å²) >= 11 is 6.21. The standard InChI is InChI=1S/C35H41ClN4O3/c1-34(2)14-13-25(28(21-34)24-9-11-26(36)12-10-24)22-37-17-19-38(20-18-37)35(15-16-35)30-6-3-5-27-29(30)23-39(33(27)43)40-31(41)7-4-8-32(40)42/h3,5-6,9-12H,4,7-8,13-23H2,1-2H3. The van der Waals surface area contributed by atoms with Gasteiger partial charge in [0, 0.05) is 61.7 Å². The molecule has 5 aliphatic rings. The van der Waals surface area contributed by atoms with Crippen molar-refractivity contribution in [3.8, 4) is 0 Å². The normalized spacial score (nSPS) is 24.1. The van der Waals surface area contributed by atoms with Gasteiger partial charge in [0.2, 0.25) is 11.8 Å². The first-order valence-electron chi connectivity index (χ1n) is 15.9. The van der Waals surface area contributed by atoms with Crippen LogP contribution in [0.15, 0.2) is 48.0 Å². The predicted octanol–water partition coefficient (Wildman–Crippen LogP) is 6.02. The maximum atomic E-state index is 13.4. The summed E-state index contributed by atoms with van der Waals surface area (Å²) in [5, 5.41) is 3.29. The number of halogens is 1. The molecule has 8 heteroatoms. The number of imide groups is 1. The van der Waals surface area contributed by atoms with E-state index in [9.17, 15) is 14.4 Å². The van der Waals surface area contributed by atoms with Crippen LogP contribution in [0.1, 0.15) is 92.3 Å². The van der Waals surface area contributed by atoms with E-state index in [2.05, 4.69) is 41.8 Å². The van der Waals surface area contributed by atoms with Crippen LogP contribution in [-0.2, 0) is 21.7 Å². The van der Waals surface area contributed by atoms with E-state index in [0.717, 1.165) is 74.0 Å². The van der Waals surface area contributed by atoms with Gasteiger partial charge in [0.05, 0.1) is 6.54 Å². The number of piperidine rings is 1. The Hall–Kier alpha value is -3.00. The number of fused-ring (bicyclic) bond motifs is 1. The molecule has 3 fully saturated rings. The van der Waals surface area contributed by atoms with Crippen molar-refractivity contribution in [2.75, 3.05) is 32.7 Å². The molecule has 7 rings (SSSR count). The summed E-state index contributed by atoms with van der Waals surface area (Å²) in [6.07, 6.45) is 6.76. The lowest BCUT2D eigenvalue weighted by molar-refractivity contribution is -0.163. The molecule has 3 aliphatic heterocycles. The van der Waals surface area contributed by atoms with E-state index < -0.39 is 0 Å². The topological polar surface area (TPSA) is 64.2 Å². The number of allylic oxidation sites excluding steroid dienone is 1. The highest BCUT2D eigenvalue weighted by atomic mass is 35.5. The summed E-state index contributed by atoms with van der Waals surface area (Å²) in [5.74, 6) is -0.777. The molecule has 2 aromatic carbocycles. The molecule has 0 unspecified atom stereocenters. The van der Waals surface area contributed by atoms with Crippen LogP contribution in [0.5, 0.6) is 0 Å². The van der Waals surface area contributed by atoms with E-state index in [4.69, 9.17) is 11.6 Å². The molecule has 7 nitrogen and oxygen atoms in total. The molecule has 0 aromatic heterocycles. The van der Waals surface area contributed by atoms with Crippen LogP contribution in [-0.4, -0.2) is 70.3 Å². The molecule has 0 N–H and O–H groups in total. The second kappa shape index (κ2) is 10.9. The first-order chi connectivity index (χ1) is 20.6. The SMILES string of the molecule is CC1(C)CCC(CN2CCN(C3(c4cccc5c4CN(N4C(=O)CCCC4=O)C5=O)CC3)CC2)=C(c2ccc(Cl)cc2)C1. The number of amides is 3. The van der Waals surface area contributed by atoms with Gasteiger partial charge in [-0.2, -0.15) is 5.01 Å². The molecular formula is C35H41ClN4O3. The smallest absolute Gasteiger partial charge is 0.273 e. The molecular weight excluding hydrogens is 560 g/mol. The Morgan fingerprint density at radius 2 is 1.53 bits per heavy atom. The summed E-state index contributed by atoms with van der Waals surface area (Å²) in [4.78, 5) is 44.0. The van der Waals surface area contributed by atoms with E-state index in [1.54, 1.807) is 5.57 Å². The van der Waals surface area contributed by atoms with Gasteiger partial charge in [-0.25, -0.2) is 5.01 Å². The van der Waals surface area contributed by atoms with Crippen LogP contribution >= 0.6 is 11.6 Å². The third kappa shape index (κ3) is 5.23. The molecule has 0 bridgehead atoms. The minimum absolute atomic E-state index is 0.0633. The largest absolute Gasteiger partial charge is 0.297 e. The molecule has 0 atom stereocenters. The molecule has 2 aliphatic carbocycles. The van der Waals surface area contributed by atoms with Gasteiger partial charge in [-0.15, -0.1) is 0 Å². The second-order valence-electron chi connectivity index (χ2n) is 13.9. The minimum Gasteiger partial charge on any atom is -0.297 e. The van der Waals surface area contributed by atoms with Gasteiger partial charge in [0.1, 0.15) is 0 Å². The Bertz CT molecular complexity index is 1490. The van der Waals surface area contributed by atoms with Crippen molar-refractivity contribution >= 4 is 34.9 Å². The highest BCUT2D eigenvalue weighted by Crippen LogP contribution is 2.54. The zero-order valence-corrected chi connectivity index (χ0v) is 26.1. The maximum absolute atomic E-state index is 13.4. The number of hydrazine groups is 1. The fourth-order valence-corrected chi connectivity index (χ4v) is 7.99. The number of carbonyl (C=O) groups is 3. The first kappa shape index (κ1) is 28.8. The lowest BCUT2D eigenvalue weighted by atomic mass is 9.72. The highest BCUT2D eigenvalue weighted by Gasteiger charge is 2.53. The number of rotatable bonds is 6. The Labute approximate surface area is 259 Å². The Morgan fingerprint density at radius 3 is 2.21 bits per heavy atom. The Kier molecular flexibility index (Phi) is 7.26. The van der Waals surface area contributed by atoms with Crippen LogP contribution in [0.25, 0.3) is 5.57 Å². The van der Waals surface area contributed by atoms with Gasteiger partial charge in [-0.05, 0) is 84.4 Å². The lowest BCUT2D eigenvalue weighted by Crippen LogP contribution is -2.52. The lowest BCUT2D eigenvalue weighted by Gasteiger charge is -2.42. The third-order valence-electron chi connectivity index (χ3n) is 10.4. The fourth-order valence-electron chi connectivity index (χ4n) is 7.87. The second-order valence-corrected chi connectivity index (χ2v) is 14.3. The zero-order valence-electron chi connectivity index (χ0n) is 25.3. The number of hydrogen-bond acceptors (Lipinski definition) is 5. The minimum atomic E-state index is -0.271. The molecule has 1 saturated carbocycles. The maximum Gasteiger partial charge on any atom is 0.273 e. The molecule has 0 spiro atoms. The van der Waals surface area contributed by atoms with Crippen molar-refractivity contribution in [1.82, 2.24) is 19.8 Å². The van der Waals surface area contributed by atoms with Crippen molar-refractivity contribution in [2.24, 2.45) is 5.41 Å². The number of carbonyl (C=O) groups excluding carboxylic acids is 3. The number of piperazine rings is 1. The molecule has 226 valence electrons. The third-order valence-corrected chi connectivity index (χ3v) is 10.7. The van der Waals surface area contributed by atoms with Gasteiger partial charge in [-0.3, -0.25) is 24.2 Å². The van der Waals surface area contributed by atoms with Crippen molar-refractivity contribution in [3.63, 3.8) is 0 Å². The number of hydrogen-bond donors (Lipinski definition) is 0. The summed E-state index contributed by atoms with van der Waals surface area (Å²) in [7, 11) is 0. The van der Waals surface area contributed by atoms with Crippen LogP contribution in [0.2, 0.25) is 5.02 Å². The summed E-state index contributed by atoms with van der Waals surface area (Å²) < 4.78 is 0. The molecule has 0 radical (unpaired) electrons. The van der Waals surface area contributed by atoms with Gasteiger partial charge in [0.15, 0.2) is 0 Å². The van der Waals surface area contributed by atoms with Crippen molar-refractivity contribution in [3.05, 3.63) is 75.3 Å². The van der Waals surface area contributed by atoms with Gasteiger partial charge in [-0.1, -0.05) is 55.3 Å². The quantitative estimate of drug-likeness (QED) is 0.380. The van der Waals surface area contributed by atoms with Crippen molar-refractivity contribution in [1.29, 1.82) is 0 Å². The van der Waals surface area contributed by atoms with Crippen molar-refractivity contribution < 1.29 is 14.4 Å². The molecule has 2 aromatic rings. The Balaban J connectivity index is 1.07. The Morgan fingerprint density at radius 1 is 0.837 bits per heavy atom. The monoisotopic (exact) mass is 600 g/mol. The molecule has 43 heavy (non-hydrogen) atoms. The van der Waals surface area contributed by atoms with E-state index in [0.29, 0.717) is 36.8 Å². The summed E-state index contributed by atoms with van der Waals surface area (Å²) in [6.45, 7) is 10.1. The first-order valence-corrected chi connectivity index (χ1v) is 16.3. The van der Waals surface area contributed by atoms with Crippen LogP contribution < -0.4 is 0 Å². The van der Waals surface area contributed by atoms with Crippen LogP contribution in [0.4, 0.5) is 0 Å². The number of benzene rings is 2. The zero-order chi connectivity index (χ0) is 29.9. The average Bonchev–Trinajstić information content (AvgIpc) is 3.73. The van der Waals surface area contributed by atoms with Crippen molar-refractivity contribution in [2.45, 2.75) is 77.3 Å². The molecule has 2 saturated heterocycles. The predicted molar refractivity (Wildman–Crippen MR) is 167 cm³/mol. The summed E-state index contributed by atoms with van der Waals surface area (Å²) in [6, 6.07) is 14.4. The van der Waals surface area contributed by atoms with Gasteiger partial charge in [0.25, 0.3) is 5.91 Å². The number of nitrogens with zero attached hydrogens (tertiary/aromatic N) is 4. The fraction of sp³-hybridized carbons (Fsp3) is 0.514. The summed E-state index contributed by atoms with van der Waals surface area (Å²) in [5.41, 5.74) is 7.43. The van der Waals surface area contributed by atoms with Gasteiger partial charge >= 0.3 is 0 Å². The van der Waals surface area contributed by atoms with E-state index in [-0.39, 0.29) is 23.3 Å². The van der Waals surface area contributed by atoms with E-state index in [1.165, 1.54) is 28.1 Å². The highest BCUT2D eigenvalue weighted by molar-refractivity contribution is 6.30. The molecule has 3 amide bonds. The van der Waals surface area contributed by atoms with E-state index >= 15 is 0 Å². The average molecular weight is 601 g/mol. The van der Waals surface area contributed by atoms with E-state index in [1.807, 2.05) is 24.3 Å². The van der Waals surface area contributed by atoms with Crippen LogP contribution in [0, 0.1) is 5.41 Å². The van der Waals surface area contributed by atoms with Gasteiger partial charge < -0.3 is 0 Å². The molecule has 3 heterocycles. The van der Waals surface area contributed by atoms with Crippen LogP contribution in [0.3, 0.4) is 0 Å².